The lowest BCUT2D eigenvalue weighted by molar-refractivity contribution is 0.627. The van der Waals surface area contributed by atoms with Crippen molar-refractivity contribution in [1.29, 1.82) is 0 Å². The second-order valence-corrected chi connectivity index (χ2v) is 5.15. The first-order chi connectivity index (χ1) is 6.63. The summed E-state index contributed by atoms with van der Waals surface area (Å²) in [5.41, 5.74) is 0.954. The molecule has 0 N–H and O–H groups in total. The predicted molar refractivity (Wildman–Crippen MR) is 62.9 cm³/mol. The summed E-state index contributed by atoms with van der Waals surface area (Å²) in [5.74, 6) is 1.09. The lowest BCUT2D eigenvalue weighted by Gasteiger charge is -2.08. The number of hydrogen-bond acceptors (Lipinski definition) is 1. The van der Waals surface area contributed by atoms with Gasteiger partial charge in [-0.3, -0.25) is 0 Å². The summed E-state index contributed by atoms with van der Waals surface area (Å²) in [7, 11) is 0. The van der Waals surface area contributed by atoms with Gasteiger partial charge in [0.15, 0.2) is 0 Å². The molecule has 0 radical (unpaired) electrons. The molecular weight excluding hydrogens is 242 g/mol. The maximum atomic E-state index is 12.7. The third kappa shape index (κ3) is 3.68. The molecule has 4 heteroatoms. The van der Waals surface area contributed by atoms with Crippen LogP contribution in [0, 0.1) is 5.82 Å². The summed E-state index contributed by atoms with van der Waals surface area (Å²) in [6.45, 7) is 2.05. The van der Waals surface area contributed by atoms with Crippen molar-refractivity contribution in [1.82, 2.24) is 0 Å². The zero-order valence-electron chi connectivity index (χ0n) is 7.77. The van der Waals surface area contributed by atoms with Gasteiger partial charge in [-0.25, -0.2) is 4.39 Å². The molecule has 0 fully saturated rings. The summed E-state index contributed by atoms with van der Waals surface area (Å²) in [5, 5.41) is 0.872. The molecule has 0 heterocycles. The maximum Gasteiger partial charge on any atom is 0.124 e. The van der Waals surface area contributed by atoms with E-state index in [1.54, 1.807) is 17.8 Å². The summed E-state index contributed by atoms with van der Waals surface area (Å²) < 4.78 is 12.7. The fraction of sp³-hybridized carbons (Fsp3) is 0.400. The van der Waals surface area contributed by atoms with Crippen molar-refractivity contribution < 1.29 is 4.39 Å². The first-order valence-corrected chi connectivity index (χ1v) is 6.21. The van der Waals surface area contributed by atoms with Crippen molar-refractivity contribution in [2.45, 2.75) is 17.9 Å². The van der Waals surface area contributed by atoms with Crippen LogP contribution < -0.4 is 0 Å². The van der Waals surface area contributed by atoms with Gasteiger partial charge in [0.1, 0.15) is 5.82 Å². The van der Waals surface area contributed by atoms with Crippen molar-refractivity contribution >= 4 is 35.0 Å². The fourth-order valence-corrected chi connectivity index (χ4v) is 2.30. The van der Waals surface area contributed by atoms with E-state index in [4.69, 9.17) is 23.2 Å². The minimum absolute atomic E-state index is 0.297. The first-order valence-electron chi connectivity index (χ1n) is 4.25. The third-order valence-electron chi connectivity index (χ3n) is 1.76. The molecule has 1 atom stereocenters. The normalized spacial score (nSPS) is 12.9. The molecular formula is C10H11Cl2FS. The molecule has 0 aliphatic carbocycles. The topological polar surface area (TPSA) is 0 Å². The van der Waals surface area contributed by atoms with Crippen LogP contribution in [0.2, 0.25) is 5.02 Å². The molecule has 0 saturated carbocycles. The number of thioether (sulfide) groups is 1. The van der Waals surface area contributed by atoms with Gasteiger partial charge in [-0.1, -0.05) is 24.6 Å². The van der Waals surface area contributed by atoms with Crippen molar-refractivity contribution in [2.24, 2.45) is 0 Å². The Bertz CT molecular complexity index is 304. The van der Waals surface area contributed by atoms with E-state index in [2.05, 4.69) is 6.92 Å². The van der Waals surface area contributed by atoms with Gasteiger partial charge in [0.2, 0.25) is 0 Å². The smallest absolute Gasteiger partial charge is 0.124 e. The Labute approximate surface area is 97.8 Å². The Morgan fingerprint density at radius 1 is 1.50 bits per heavy atom. The van der Waals surface area contributed by atoms with Crippen LogP contribution in [0.25, 0.3) is 0 Å². The van der Waals surface area contributed by atoms with Gasteiger partial charge in [-0.05, 0) is 17.7 Å². The van der Waals surface area contributed by atoms with Crippen LogP contribution in [0.5, 0.6) is 0 Å². The molecule has 0 spiro atoms. The SMILES string of the molecule is CC(CCl)SCc1ccc(F)cc1Cl. The van der Waals surface area contributed by atoms with E-state index in [0.717, 1.165) is 11.3 Å². The lowest BCUT2D eigenvalue weighted by Crippen LogP contribution is -1.98. The largest absolute Gasteiger partial charge is 0.207 e. The first kappa shape index (κ1) is 12.2. The predicted octanol–water partition coefficient (Wildman–Crippen LogP) is 4.34. The highest BCUT2D eigenvalue weighted by Gasteiger charge is 2.05. The molecule has 1 aromatic rings. The molecule has 0 aliphatic heterocycles. The molecule has 1 rings (SSSR count). The van der Waals surface area contributed by atoms with Crippen LogP contribution in [-0.4, -0.2) is 11.1 Å². The number of halogens is 3. The summed E-state index contributed by atoms with van der Waals surface area (Å²) in [4.78, 5) is 0. The van der Waals surface area contributed by atoms with E-state index in [1.165, 1.54) is 12.1 Å². The molecule has 0 nitrogen and oxygen atoms in total. The Morgan fingerprint density at radius 3 is 2.79 bits per heavy atom. The van der Waals surface area contributed by atoms with Gasteiger partial charge in [0.05, 0.1) is 0 Å². The van der Waals surface area contributed by atoms with Crippen LogP contribution in [0.4, 0.5) is 4.39 Å². The molecule has 1 unspecified atom stereocenters. The van der Waals surface area contributed by atoms with Crippen LogP contribution in [-0.2, 0) is 5.75 Å². The maximum absolute atomic E-state index is 12.7. The van der Waals surface area contributed by atoms with Crippen LogP contribution in [0.1, 0.15) is 12.5 Å². The molecule has 0 saturated heterocycles. The minimum Gasteiger partial charge on any atom is -0.207 e. The highest BCUT2D eigenvalue weighted by atomic mass is 35.5. The Morgan fingerprint density at radius 2 is 2.21 bits per heavy atom. The van der Waals surface area contributed by atoms with Crippen molar-refractivity contribution in [2.75, 3.05) is 5.88 Å². The number of benzene rings is 1. The number of hydrogen-bond donors (Lipinski definition) is 0. The number of alkyl halides is 1. The Kier molecular flexibility index (Phi) is 5.07. The van der Waals surface area contributed by atoms with Crippen LogP contribution in [0.15, 0.2) is 18.2 Å². The Hall–Kier alpha value is 0.0800. The second-order valence-electron chi connectivity index (χ2n) is 3.01. The summed E-state index contributed by atoms with van der Waals surface area (Å²) in [6.07, 6.45) is 0. The van der Waals surface area contributed by atoms with Gasteiger partial charge in [0.25, 0.3) is 0 Å². The summed E-state index contributed by atoms with van der Waals surface area (Å²) in [6, 6.07) is 4.47. The van der Waals surface area contributed by atoms with Crippen molar-refractivity contribution in [3.63, 3.8) is 0 Å². The average Bonchev–Trinajstić information content (AvgIpc) is 2.16. The standard InChI is InChI=1S/C10H11Cl2FS/c1-7(5-11)14-6-8-2-3-9(13)4-10(8)12/h2-4,7H,5-6H2,1H3. The van der Waals surface area contributed by atoms with E-state index in [-0.39, 0.29) is 5.82 Å². The third-order valence-corrected chi connectivity index (χ3v) is 3.97. The van der Waals surface area contributed by atoms with Gasteiger partial charge >= 0.3 is 0 Å². The van der Waals surface area contributed by atoms with E-state index in [0.29, 0.717) is 16.2 Å². The van der Waals surface area contributed by atoms with Crippen molar-refractivity contribution in [3.8, 4) is 0 Å². The molecule has 1 aromatic carbocycles. The highest BCUT2D eigenvalue weighted by Crippen LogP contribution is 2.24. The van der Waals surface area contributed by atoms with Crippen molar-refractivity contribution in [3.05, 3.63) is 34.6 Å². The molecule has 0 bridgehead atoms. The Balaban J connectivity index is 2.59. The van der Waals surface area contributed by atoms with Gasteiger partial charge < -0.3 is 0 Å². The number of rotatable bonds is 4. The van der Waals surface area contributed by atoms with E-state index >= 15 is 0 Å². The zero-order valence-corrected chi connectivity index (χ0v) is 10.1. The fourth-order valence-electron chi connectivity index (χ4n) is 0.915. The monoisotopic (exact) mass is 252 g/mol. The molecule has 0 aliphatic rings. The van der Waals surface area contributed by atoms with Gasteiger partial charge in [0, 0.05) is 21.9 Å². The van der Waals surface area contributed by atoms with Crippen LogP contribution >= 0.6 is 35.0 Å². The molecule has 78 valence electrons. The van der Waals surface area contributed by atoms with Crippen LogP contribution in [0.3, 0.4) is 0 Å². The van der Waals surface area contributed by atoms with E-state index in [9.17, 15) is 4.39 Å². The lowest BCUT2D eigenvalue weighted by atomic mass is 10.2. The molecule has 0 aromatic heterocycles. The molecule has 0 amide bonds. The quantitative estimate of drug-likeness (QED) is 0.719. The highest BCUT2D eigenvalue weighted by molar-refractivity contribution is 7.99. The average molecular weight is 253 g/mol. The zero-order chi connectivity index (χ0) is 10.6. The van der Waals surface area contributed by atoms with Gasteiger partial charge in [-0.15, -0.1) is 11.6 Å². The van der Waals surface area contributed by atoms with E-state index in [1.807, 2.05) is 0 Å². The summed E-state index contributed by atoms with van der Waals surface area (Å²) >= 11 is 13.2. The van der Waals surface area contributed by atoms with Gasteiger partial charge in [-0.2, -0.15) is 11.8 Å². The van der Waals surface area contributed by atoms with E-state index < -0.39 is 0 Å². The second kappa shape index (κ2) is 5.84. The molecule has 14 heavy (non-hydrogen) atoms. The minimum atomic E-state index is -0.297.